The minimum atomic E-state index is 0.554. The minimum absolute atomic E-state index is 0.554. The Morgan fingerprint density at radius 1 is 1.10 bits per heavy atom. The number of rotatable bonds is 4. The van der Waals surface area contributed by atoms with E-state index < -0.39 is 0 Å². The van der Waals surface area contributed by atoms with Crippen LogP contribution in [0.4, 0.5) is 5.82 Å². The molecule has 1 heterocycles. The van der Waals surface area contributed by atoms with Gasteiger partial charge >= 0.3 is 0 Å². The van der Waals surface area contributed by atoms with Crippen molar-refractivity contribution in [1.82, 2.24) is 4.98 Å². The van der Waals surface area contributed by atoms with E-state index in [1.54, 1.807) is 12.3 Å². The van der Waals surface area contributed by atoms with Gasteiger partial charge in [-0.05, 0) is 80.2 Å². The second kappa shape index (κ2) is 4.64. The van der Waals surface area contributed by atoms with E-state index in [2.05, 4.69) is 4.98 Å². The Balaban J connectivity index is 1.36. The van der Waals surface area contributed by atoms with Crippen molar-refractivity contribution < 1.29 is 4.74 Å². The predicted molar refractivity (Wildman–Crippen MR) is 79.4 cm³/mol. The molecule has 5 rings (SSSR count). The zero-order chi connectivity index (χ0) is 13.6. The molecule has 0 aliphatic heterocycles. The molecular formula is C17H24N2O. The van der Waals surface area contributed by atoms with Crippen LogP contribution in [-0.2, 0) is 0 Å². The van der Waals surface area contributed by atoms with Gasteiger partial charge in [-0.2, -0.15) is 0 Å². The molecule has 4 saturated carbocycles. The van der Waals surface area contributed by atoms with Gasteiger partial charge in [0.15, 0.2) is 0 Å². The van der Waals surface area contributed by atoms with Crippen LogP contribution in [0.3, 0.4) is 0 Å². The molecule has 3 heteroatoms. The number of hydrogen-bond donors (Lipinski definition) is 1. The molecule has 4 bridgehead atoms. The Hall–Kier alpha value is -1.25. The number of nitrogens with zero attached hydrogens (tertiary/aromatic N) is 1. The zero-order valence-electron chi connectivity index (χ0n) is 12.1. The summed E-state index contributed by atoms with van der Waals surface area (Å²) in [5.41, 5.74) is 6.20. The third kappa shape index (κ3) is 2.27. The third-order valence-electron chi connectivity index (χ3n) is 5.83. The first-order valence-electron chi connectivity index (χ1n) is 8.05. The Labute approximate surface area is 120 Å². The normalized spacial score (nSPS) is 38.1. The average molecular weight is 272 g/mol. The van der Waals surface area contributed by atoms with Gasteiger partial charge in [0.05, 0.1) is 12.8 Å². The molecule has 0 radical (unpaired) electrons. The van der Waals surface area contributed by atoms with Crippen LogP contribution in [0.25, 0.3) is 0 Å². The average Bonchev–Trinajstić information content (AvgIpc) is 2.39. The highest BCUT2D eigenvalue weighted by Gasteiger charge is 2.50. The van der Waals surface area contributed by atoms with Crippen LogP contribution in [0.2, 0.25) is 0 Å². The van der Waals surface area contributed by atoms with Gasteiger partial charge in [0, 0.05) is 0 Å². The largest absolute Gasteiger partial charge is 0.492 e. The smallest absolute Gasteiger partial charge is 0.137 e. The van der Waals surface area contributed by atoms with Crippen LogP contribution < -0.4 is 10.5 Å². The first kappa shape index (κ1) is 12.5. The highest BCUT2D eigenvalue weighted by atomic mass is 16.5. The number of hydrogen-bond acceptors (Lipinski definition) is 3. The van der Waals surface area contributed by atoms with Gasteiger partial charge in [0.1, 0.15) is 11.6 Å². The lowest BCUT2D eigenvalue weighted by Gasteiger charge is -2.57. The van der Waals surface area contributed by atoms with Crippen molar-refractivity contribution in [3.05, 3.63) is 18.3 Å². The highest BCUT2D eigenvalue weighted by Crippen LogP contribution is 2.61. The molecule has 20 heavy (non-hydrogen) atoms. The maximum absolute atomic E-state index is 5.88. The summed E-state index contributed by atoms with van der Waals surface area (Å²) in [5, 5.41) is 0. The van der Waals surface area contributed by atoms with Crippen molar-refractivity contribution in [3.8, 4) is 5.75 Å². The lowest BCUT2D eigenvalue weighted by atomic mass is 9.49. The monoisotopic (exact) mass is 272 g/mol. The number of anilines is 1. The van der Waals surface area contributed by atoms with Gasteiger partial charge in [-0.3, -0.25) is 0 Å². The first-order chi connectivity index (χ1) is 9.71. The Bertz CT molecular complexity index is 447. The van der Waals surface area contributed by atoms with Crippen molar-refractivity contribution in [1.29, 1.82) is 0 Å². The number of aromatic nitrogens is 1. The molecule has 3 nitrogen and oxygen atoms in total. The standard InChI is InChI=1S/C17H24N2O/c18-16-2-1-15(11-19-16)20-4-3-17-8-12-5-13(9-17)7-14(6-12)10-17/h1-2,11-14H,3-10H2,(H2,18,19). The fourth-order valence-electron chi connectivity index (χ4n) is 5.46. The summed E-state index contributed by atoms with van der Waals surface area (Å²) in [5.74, 6) is 4.49. The van der Waals surface area contributed by atoms with E-state index in [1.807, 2.05) is 6.07 Å². The molecular weight excluding hydrogens is 248 g/mol. The highest BCUT2D eigenvalue weighted by molar-refractivity contribution is 5.32. The predicted octanol–water partition coefficient (Wildman–Crippen LogP) is 3.65. The number of nitrogen functional groups attached to an aromatic ring is 1. The fraction of sp³-hybridized carbons (Fsp3) is 0.706. The van der Waals surface area contributed by atoms with Crippen LogP contribution >= 0.6 is 0 Å². The molecule has 4 fully saturated rings. The van der Waals surface area contributed by atoms with Crippen molar-refractivity contribution in [2.45, 2.75) is 44.9 Å². The molecule has 1 aromatic heterocycles. The van der Waals surface area contributed by atoms with E-state index >= 15 is 0 Å². The van der Waals surface area contributed by atoms with Crippen LogP contribution in [0.1, 0.15) is 44.9 Å². The summed E-state index contributed by atoms with van der Waals surface area (Å²) >= 11 is 0. The molecule has 0 spiro atoms. The van der Waals surface area contributed by atoms with Crippen LogP contribution in [0.15, 0.2) is 18.3 Å². The second-order valence-electron chi connectivity index (χ2n) is 7.43. The van der Waals surface area contributed by atoms with Crippen LogP contribution in [0.5, 0.6) is 5.75 Å². The Morgan fingerprint density at radius 2 is 1.75 bits per heavy atom. The molecule has 108 valence electrons. The van der Waals surface area contributed by atoms with Gasteiger partial charge in [0.25, 0.3) is 0 Å². The van der Waals surface area contributed by atoms with Gasteiger partial charge in [-0.15, -0.1) is 0 Å². The molecule has 2 N–H and O–H groups in total. The lowest BCUT2D eigenvalue weighted by Crippen LogP contribution is -2.46. The van der Waals surface area contributed by atoms with Crippen LogP contribution in [0, 0.1) is 23.2 Å². The van der Waals surface area contributed by atoms with Crippen molar-refractivity contribution >= 4 is 5.82 Å². The summed E-state index contributed by atoms with van der Waals surface area (Å²) in [7, 11) is 0. The Morgan fingerprint density at radius 3 is 2.30 bits per heavy atom. The maximum Gasteiger partial charge on any atom is 0.137 e. The van der Waals surface area contributed by atoms with Gasteiger partial charge in [-0.25, -0.2) is 4.98 Å². The molecule has 0 unspecified atom stereocenters. The maximum atomic E-state index is 5.88. The molecule has 0 atom stereocenters. The number of pyridine rings is 1. The van der Waals surface area contributed by atoms with E-state index in [0.29, 0.717) is 11.2 Å². The fourth-order valence-corrected chi connectivity index (χ4v) is 5.46. The molecule has 0 amide bonds. The molecule has 4 aliphatic carbocycles. The third-order valence-corrected chi connectivity index (χ3v) is 5.83. The van der Waals surface area contributed by atoms with E-state index in [0.717, 1.165) is 30.1 Å². The topological polar surface area (TPSA) is 48.1 Å². The van der Waals surface area contributed by atoms with Crippen molar-refractivity contribution in [2.75, 3.05) is 12.3 Å². The first-order valence-corrected chi connectivity index (χ1v) is 8.05. The van der Waals surface area contributed by atoms with Crippen LogP contribution in [-0.4, -0.2) is 11.6 Å². The molecule has 1 aromatic rings. The molecule has 0 saturated heterocycles. The lowest BCUT2D eigenvalue weighted by molar-refractivity contribution is -0.0622. The molecule has 4 aliphatic rings. The summed E-state index contributed by atoms with van der Waals surface area (Å²) < 4.78 is 5.88. The number of nitrogens with two attached hydrogens (primary N) is 1. The van der Waals surface area contributed by atoms with E-state index in [-0.39, 0.29) is 0 Å². The van der Waals surface area contributed by atoms with Crippen molar-refractivity contribution in [2.24, 2.45) is 23.2 Å². The second-order valence-corrected chi connectivity index (χ2v) is 7.43. The van der Waals surface area contributed by atoms with Gasteiger partial charge in [-0.1, -0.05) is 0 Å². The SMILES string of the molecule is Nc1ccc(OCCC23CC4CC(CC(C4)C2)C3)cn1. The zero-order valence-corrected chi connectivity index (χ0v) is 12.1. The quantitative estimate of drug-likeness (QED) is 0.910. The molecule has 0 aromatic carbocycles. The summed E-state index contributed by atoms with van der Waals surface area (Å²) in [6, 6.07) is 3.72. The summed E-state index contributed by atoms with van der Waals surface area (Å²) in [6.07, 6.45) is 11.9. The van der Waals surface area contributed by atoms with Crippen molar-refractivity contribution in [3.63, 3.8) is 0 Å². The summed E-state index contributed by atoms with van der Waals surface area (Å²) in [4.78, 5) is 4.08. The minimum Gasteiger partial charge on any atom is -0.492 e. The Kier molecular flexibility index (Phi) is 2.90. The van der Waals surface area contributed by atoms with E-state index in [4.69, 9.17) is 10.5 Å². The summed E-state index contributed by atoms with van der Waals surface area (Å²) in [6.45, 7) is 0.831. The van der Waals surface area contributed by atoms with Gasteiger partial charge < -0.3 is 10.5 Å². The number of ether oxygens (including phenoxy) is 1. The van der Waals surface area contributed by atoms with E-state index in [9.17, 15) is 0 Å². The van der Waals surface area contributed by atoms with E-state index in [1.165, 1.54) is 44.9 Å². The van der Waals surface area contributed by atoms with Gasteiger partial charge in [0.2, 0.25) is 0 Å².